The first-order valence-electron chi connectivity index (χ1n) is 4.55. The molecular weight excluding hydrogens is 215 g/mol. The van der Waals surface area contributed by atoms with Gasteiger partial charge in [-0.15, -0.1) is 0 Å². The third-order valence-corrected chi connectivity index (χ3v) is 2.86. The molecule has 0 bridgehead atoms. The Bertz CT molecular complexity index is 337. The second kappa shape index (κ2) is 6.25. The van der Waals surface area contributed by atoms with Crippen LogP contribution in [0.5, 0.6) is 5.75 Å². The molecule has 5 heteroatoms. The summed E-state index contributed by atoms with van der Waals surface area (Å²) in [6.45, 7) is 0. The second-order valence-corrected chi connectivity index (χ2v) is 4.31. The Kier molecular flexibility index (Phi) is 4.91. The van der Waals surface area contributed by atoms with Crippen LogP contribution in [0.4, 0.5) is 0 Å². The van der Waals surface area contributed by atoms with Crippen molar-refractivity contribution < 1.29 is 18.6 Å². The quantitative estimate of drug-likeness (QED) is 0.572. The number of rotatable bonds is 5. The Labute approximate surface area is 89.1 Å². The van der Waals surface area contributed by atoms with E-state index >= 15 is 0 Å². The fourth-order valence-corrected chi connectivity index (χ4v) is 1.89. The van der Waals surface area contributed by atoms with Crippen LogP contribution in [0.1, 0.15) is 6.42 Å². The molecule has 0 N–H and O–H groups in total. The molecule has 1 unspecified atom stereocenters. The minimum atomic E-state index is -2.20. The molecule has 0 fully saturated rings. The van der Waals surface area contributed by atoms with Gasteiger partial charge in [0.05, 0.1) is 13.5 Å². The van der Waals surface area contributed by atoms with Gasteiger partial charge in [0, 0.05) is 6.16 Å². The highest BCUT2D eigenvalue weighted by atomic mass is 31.1. The Morgan fingerprint density at radius 3 is 2.60 bits per heavy atom. The lowest BCUT2D eigenvalue weighted by atomic mass is 10.3. The highest BCUT2D eigenvalue weighted by molar-refractivity contribution is 7.39. The summed E-state index contributed by atoms with van der Waals surface area (Å²) >= 11 is 0. The number of hydrogen-bond acceptors (Lipinski definition) is 4. The van der Waals surface area contributed by atoms with Crippen molar-refractivity contribution in [2.24, 2.45) is 0 Å². The van der Waals surface area contributed by atoms with Gasteiger partial charge >= 0.3 is 5.97 Å². The van der Waals surface area contributed by atoms with Gasteiger partial charge in [-0.3, -0.25) is 9.36 Å². The molecule has 0 aliphatic carbocycles. The van der Waals surface area contributed by atoms with Crippen LogP contribution < -0.4 is 4.52 Å². The van der Waals surface area contributed by atoms with Crippen LogP contribution in [-0.2, 0) is 14.1 Å². The van der Waals surface area contributed by atoms with Crippen molar-refractivity contribution in [2.75, 3.05) is 13.3 Å². The average molecular weight is 228 g/mol. The van der Waals surface area contributed by atoms with Crippen LogP contribution >= 0.6 is 8.03 Å². The maximum Gasteiger partial charge on any atom is 0.306 e. The lowest BCUT2D eigenvalue weighted by Crippen LogP contribution is -2.01. The van der Waals surface area contributed by atoms with E-state index in [2.05, 4.69) is 4.74 Å². The predicted octanol–water partition coefficient (Wildman–Crippen LogP) is 2.10. The molecule has 4 nitrogen and oxygen atoms in total. The topological polar surface area (TPSA) is 52.6 Å². The zero-order chi connectivity index (χ0) is 11.1. The SMILES string of the molecule is COC(=O)CC[PH](=O)Oc1ccccc1. The van der Waals surface area contributed by atoms with Gasteiger partial charge in [-0.2, -0.15) is 0 Å². The molecule has 0 aromatic heterocycles. The van der Waals surface area contributed by atoms with Gasteiger partial charge < -0.3 is 9.26 Å². The van der Waals surface area contributed by atoms with Crippen molar-refractivity contribution in [2.45, 2.75) is 6.42 Å². The summed E-state index contributed by atoms with van der Waals surface area (Å²) < 4.78 is 21.0. The van der Waals surface area contributed by atoms with Crippen molar-refractivity contribution in [3.8, 4) is 5.75 Å². The van der Waals surface area contributed by atoms with E-state index in [-0.39, 0.29) is 18.6 Å². The Morgan fingerprint density at radius 2 is 2.00 bits per heavy atom. The average Bonchev–Trinajstić information content (AvgIpc) is 2.27. The van der Waals surface area contributed by atoms with Crippen molar-refractivity contribution in [3.05, 3.63) is 30.3 Å². The van der Waals surface area contributed by atoms with E-state index in [0.717, 1.165) is 0 Å². The molecule has 1 rings (SSSR count). The molecule has 1 atom stereocenters. The van der Waals surface area contributed by atoms with Crippen LogP contribution in [0, 0.1) is 0 Å². The minimum Gasteiger partial charge on any atom is -0.469 e. The first kappa shape index (κ1) is 11.8. The van der Waals surface area contributed by atoms with E-state index in [1.165, 1.54) is 7.11 Å². The molecule has 0 spiro atoms. The zero-order valence-corrected chi connectivity index (χ0v) is 9.43. The van der Waals surface area contributed by atoms with Crippen molar-refractivity contribution in [1.82, 2.24) is 0 Å². The molecule has 0 amide bonds. The lowest BCUT2D eigenvalue weighted by Gasteiger charge is -2.04. The van der Waals surface area contributed by atoms with Gasteiger partial charge in [-0.05, 0) is 12.1 Å². The molecular formula is C10H13O4P. The number of benzene rings is 1. The molecule has 0 aliphatic rings. The summed E-state index contributed by atoms with van der Waals surface area (Å²) in [4.78, 5) is 10.8. The predicted molar refractivity (Wildman–Crippen MR) is 57.6 cm³/mol. The summed E-state index contributed by atoms with van der Waals surface area (Å²) in [6, 6.07) is 8.88. The monoisotopic (exact) mass is 228 g/mol. The smallest absolute Gasteiger partial charge is 0.306 e. The third kappa shape index (κ3) is 4.66. The van der Waals surface area contributed by atoms with E-state index in [1.807, 2.05) is 6.07 Å². The van der Waals surface area contributed by atoms with Gasteiger partial charge in [0.25, 0.3) is 0 Å². The lowest BCUT2D eigenvalue weighted by molar-refractivity contribution is -0.140. The first-order valence-corrected chi connectivity index (χ1v) is 6.07. The van der Waals surface area contributed by atoms with E-state index in [9.17, 15) is 9.36 Å². The van der Waals surface area contributed by atoms with Gasteiger partial charge in [-0.1, -0.05) is 18.2 Å². The van der Waals surface area contributed by atoms with Crippen molar-refractivity contribution >= 4 is 14.0 Å². The van der Waals surface area contributed by atoms with Crippen LogP contribution in [0.3, 0.4) is 0 Å². The Balaban J connectivity index is 2.34. The van der Waals surface area contributed by atoms with Crippen LogP contribution in [0.15, 0.2) is 30.3 Å². The minimum absolute atomic E-state index is 0.126. The molecule has 0 saturated heterocycles. The number of para-hydroxylation sites is 1. The van der Waals surface area contributed by atoms with Gasteiger partial charge in [0.15, 0.2) is 0 Å². The molecule has 82 valence electrons. The molecule has 0 aliphatic heterocycles. The van der Waals surface area contributed by atoms with Crippen molar-refractivity contribution in [3.63, 3.8) is 0 Å². The largest absolute Gasteiger partial charge is 0.469 e. The normalized spacial score (nSPS) is 11.8. The first-order chi connectivity index (χ1) is 7.22. The maximum absolute atomic E-state index is 11.4. The summed E-state index contributed by atoms with van der Waals surface area (Å²) in [7, 11) is -0.895. The maximum atomic E-state index is 11.4. The van der Waals surface area contributed by atoms with Gasteiger partial charge in [0.2, 0.25) is 8.03 Å². The van der Waals surface area contributed by atoms with Gasteiger partial charge in [0.1, 0.15) is 5.75 Å². The summed E-state index contributed by atoms with van der Waals surface area (Å²) in [5.41, 5.74) is 0. The molecule has 0 radical (unpaired) electrons. The Morgan fingerprint density at radius 1 is 1.33 bits per heavy atom. The number of ether oxygens (including phenoxy) is 1. The standard InChI is InChI=1S/C10H13O4P/c1-13-10(11)7-8-15(12)14-9-5-3-2-4-6-9/h2-6,15H,7-8H2,1H3. The summed E-state index contributed by atoms with van der Waals surface area (Å²) in [5.74, 6) is 0.191. The molecule has 0 heterocycles. The number of carbonyl (C=O) groups is 1. The van der Waals surface area contributed by atoms with Crippen LogP contribution in [0.25, 0.3) is 0 Å². The summed E-state index contributed by atoms with van der Waals surface area (Å²) in [5, 5.41) is 0. The van der Waals surface area contributed by atoms with Crippen LogP contribution in [0.2, 0.25) is 0 Å². The van der Waals surface area contributed by atoms with Crippen LogP contribution in [-0.4, -0.2) is 19.2 Å². The molecule has 15 heavy (non-hydrogen) atoms. The fourth-order valence-electron chi connectivity index (χ4n) is 0.977. The fraction of sp³-hybridized carbons (Fsp3) is 0.300. The highest BCUT2D eigenvalue weighted by Crippen LogP contribution is 2.26. The van der Waals surface area contributed by atoms with Gasteiger partial charge in [-0.25, -0.2) is 0 Å². The second-order valence-electron chi connectivity index (χ2n) is 2.86. The molecule has 1 aromatic carbocycles. The van der Waals surface area contributed by atoms with E-state index in [4.69, 9.17) is 4.52 Å². The Hall–Kier alpha value is -1.28. The third-order valence-electron chi connectivity index (χ3n) is 1.74. The van der Waals surface area contributed by atoms with E-state index in [0.29, 0.717) is 5.75 Å². The highest BCUT2D eigenvalue weighted by Gasteiger charge is 2.06. The van der Waals surface area contributed by atoms with E-state index < -0.39 is 8.03 Å². The van der Waals surface area contributed by atoms with E-state index in [1.54, 1.807) is 24.3 Å². The number of hydrogen-bond donors (Lipinski definition) is 0. The number of methoxy groups -OCH3 is 1. The molecule has 0 saturated carbocycles. The zero-order valence-electron chi connectivity index (χ0n) is 8.43. The number of carbonyl (C=O) groups excluding carboxylic acids is 1. The summed E-state index contributed by atoms with van der Waals surface area (Å²) in [6.07, 6.45) is 0.341. The molecule has 1 aromatic rings. The number of esters is 1. The van der Waals surface area contributed by atoms with Crippen molar-refractivity contribution in [1.29, 1.82) is 0 Å².